The van der Waals surface area contributed by atoms with E-state index in [4.69, 9.17) is 4.99 Å². The Morgan fingerprint density at radius 1 is 1.29 bits per heavy atom. The second kappa shape index (κ2) is 10.9. The number of hydrogen-bond donors (Lipinski definition) is 2. The molecule has 3 rings (SSSR count). The molecule has 0 spiro atoms. The van der Waals surface area contributed by atoms with Crippen molar-refractivity contribution in [3.8, 4) is 10.6 Å². The van der Waals surface area contributed by atoms with Gasteiger partial charge in [-0.25, -0.2) is 4.98 Å². The van der Waals surface area contributed by atoms with Crippen molar-refractivity contribution in [2.45, 2.75) is 52.5 Å². The average Bonchev–Trinajstić information content (AvgIpc) is 3.33. The number of thiazole rings is 1. The predicted molar refractivity (Wildman–Crippen MR) is 123 cm³/mol. The minimum atomic E-state index is 0.534. The molecular formula is C21H33N5S2. The molecule has 0 atom stereocenters. The number of piperidine rings is 1. The Balaban J connectivity index is 1.49. The lowest BCUT2D eigenvalue weighted by molar-refractivity contribution is 0.206. The first kappa shape index (κ1) is 21.3. The Labute approximate surface area is 177 Å². The van der Waals surface area contributed by atoms with Crippen molar-refractivity contribution < 1.29 is 0 Å². The SMILES string of the molecule is CCCN1CCC(NC(=NCCc2ccc(-c3csc(C)n3)s2)NCC)CC1. The van der Waals surface area contributed by atoms with Crippen LogP contribution < -0.4 is 10.6 Å². The summed E-state index contributed by atoms with van der Waals surface area (Å²) in [6.45, 7) is 11.8. The molecule has 0 saturated carbocycles. The van der Waals surface area contributed by atoms with Crippen molar-refractivity contribution in [3.63, 3.8) is 0 Å². The van der Waals surface area contributed by atoms with E-state index in [2.05, 4.69) is 58.8 Å². The smallest absolute Gasteiger partial charge is 0.191 e. The number of aryl methyl sites for hydroxylation is 1. The number of thiophene rings is 1. The lowest BCUT2D eigenvalue weighted by atomic mass is 10.1. The first-order valence-corrected chi connectivity index (χ1v) is 12.2. The van der Waals surface area contributed by atoms with Crippen LogP contribution in [0.5, 0.6) is 0 Å². The zero-order chi connectivity index (χ0) is 19.8. The van der Waals surface area contributed by atoms with Gasteiger partial charge < -0.3 is 15.5 Å². The molecule has 5 nitrogen and oxygen atoms in total. The normalized spacial score (nSPS) is 16.5. The molecule has 0 amide bonds. The first-order chi connectivity index (χ1) is 13.7. The van der Waals surface area contributed by atoms with E-state index in [0.29, 0.717) is 6.04 Å². The predicted octanol–water partition coefficient (Wildman–Crippen LogP) is 4.15. The van der Waals surface area contributed by atoms with Crippen LogP contribution in [0.15, 0.2) is 22.5 Å². The summed E-state index contributed by atoms with van der Waals surface area (Å²) in [6, 6.07) is 4.94. The standard InChI is InChI=1S/C21H33N5S2/c1-4-12-26-13-9-17(10-14-26)25-21(22-5-2)23-11-8-18-6-7-20(28-18)19-15-27-16(3)24-19/h6-7,15,17H,4-5,8-14H2,1-3H3,(H2,22,23,25). The van der Waals surface area contributed by atoms with E-state index in [1.807, 2.05) is 11.3 Å². The molecule has 1 aliphatic heterocycles. The van der Waals surface area contributed by atoms with Gasteiger partial charge in [-0.05, 0) is 51.8 Å². The van der Waals surface area contributed by atoms with Gasteiger partial charge in [-0.2, -0.15) is 0 Å². The Bertz CT molecular complexity index is 744. The number of nitrogens with zero attached hydrogens (tertiary/aromatic N) is 3. The van der Waals surface area contributed by atoms with Crippen LogP contribution in [0.3, 0.4) is 0 Å². The van der Waals surface area contributed by atoms with Gasteiger partial charge in [0, 0.05) is 48.9 Å². The molecule has 7 heteroatoms. The number of nitrogens with one attached hydrogen (secondary N) is 2. The average molecular weight is 420 g/mol. The topological polar surface area (TPSA) is 52.5 Å². The number of hydrogen-bond acceptors (Lipinski definition) is 5. The Morgan fingerprint density at radius 3 is 2.79 bits per heavy atom. The summed E-state index contributed by atoms with van der Waals surface area (Å²) in [4.78, 5) is 14.6. The van der Waals surface area contributed by atoms with E-state index in [9.17, 15) is 0 Å². The van der Waals surface area contributed by atoms with Crippen molar-refractivity contribution in [2.75, 3.05) is 32.7 Å². The maximum atomic E-state index is 4.82. The largest absolute Gasteiger partial charge is 0.357 e. The second-order valence-corrected chi connectivity index (χ2v) is 9.52. The van der Waals surface area contributed by atoms with Gasteiger partial charge in [-0.1, -0.05) is 6.92 Å². The van der Waals surface area contributed by atoms with Crippen molar-refractivity contribution in [2.24, 2.45) is 4.99 Å². The molecule has 0 bridgehead atoms. The van der Waals surface area contributed by atoms with E-state index in [1.54, 1.807) is 11.3 Å². The van der Waals surface area contributed by atoms with E-state index >= 15 is 0 Å². The Morgan fingerprint density at radius 2 is 2.11 bits per heavy atom. The van der Waals surface area contributed by atoms with Crippen molar-refractivity contribution >= 4 is 28.6 Å². The molecule has 1 saturated heterocycles. The highest BCUT2D eigenvalue weighted by molar-refractivity contribution is 7.16. The molecule has 1 fully saturated rings. The van der Waals surface area contributed by atoms with Crippen molar-refractivity contribution in [1.82, 2.24) is 20.5 Å². The van der Waals surface area contributed by atoms with Crippen LogP contribution in [0, 0.1) is 6.92 Å². The highest BCUT2D eigenvalue weighted by Crippen LogP contribution is 2.29. The summed E-state index contributed by atoms with van der Waals surface area (Å²) < 4.78 is 0. The summed E-state index contributed by atoms with van der Waals surface area (Å²) in [5.74, 6) is 0.961. The van der Waals surface area contributed by atoms with Gasteiger partial charge in [0.1, 0.15) is 0 Å². The van der Waals surface area contributed by atoms with Crippen LogP contribution in [0.2, 0.25) is 0 Å². The highest BCUT2D eigenvalue weighted by Gasteiger charge is 2.19. The number of aliphatic imine (C=N–C) groups is 1. The Hall–Kier alpha value is -1.44. The molecule has 0 radical (unpaired) electrons. The van der Waals surface area contributed by atoms with Gasteiger partial charge in [0.05, 0.1) is 15.6 Å². The summed E-state index contributed by atoms with van der Waals surface area (Å²) in [6.07, 6.45) is 4.62. The highest BCUT2D eigenvalue weighted by atomic mass is 32.1. The molecule has 0 unspecified atom stereocenters. The third-order valence-electron chi connectivity index (χ3n) is 4.97. The fraction of sp³-hybridized carbons (Fsp3) is 0.619. The summed E-state index contributed by atoms with van der Waals surface area (Å²) in [7, 11) is 0. The van der Waals surface area contributed by atoms with Gasteiger partial charge in [-0.3, -0.25) is 4.99 Å². The van der Waals surface area contributed by atoms with Crippen molar-refractivity contribution in [3.05, 3.63) is 27.4 Å². The summed E-state index contributed by atoms with van der Waals surface area (Å²) >= 11 is 3.54. The molecule has 2 aromatic heterocycles. The quantitative estimate of drug-likeness (QED) is 0.498. The van der Waals surface area contributed by atoms with Gasteiger partial charge in [0.25, 0.3) is 0 Å². The zero-order valence-electron chi connectivity index (χ0n) is 17.3. The van der Waals surface area contributed by atoms with E-state index in [1.165, 1.54) is 48.7 Å². The van der Waals surface area contributed by atoms with E-state index in [0.717, 1.165) is 36.2 Å². The molecule has 3 heterocycles. The monoisotopic (exact) mass is 419 g/mol. The molecule has 0 aromatic carbocycles. The van der Waals surface area contributed by atoms with Crippen LogP contribution in [0.1, 0.15) is 43.0 Å². The van der Waals surface area contributed by atoms with Crippen molar-refractivity contribution in [1.29, 1.82) is 0 Å². The van der Waals surface area contributed by atoms with Gasteiger partial charge in [-0.15, -0.1) is 22.7 Å². The molecule has 0 aliphatic carbocycles. The number of aromatic nitrogens is 1. The maximum Gasteiger partial charge on any atom is 0.191 e. The maximum absolute atomic E-state index is 4.82. The number of likely N-dealkylation sites (tertiary alicyclic amines) is 1. The Kier molecular flexibility index (Phi) is 8.30. The zero-order valence-corrected chi connectivity index (χ0v) is 19.0. The lowest BCUT2D eigenvalue weighted by Gasteiger charge is -2.32. The van der Waals surface area contributed by atoms with Crippen LogP contribution in [-0.4, -0.2) is 54.6 Å². The third kappa shape index (κ3) is 6.29. The molecule has 28 heavy (non-hydrogen) atoms. The first-order valence-electron chi connectivity index (χ1n) is 10.5. The number of guanidine groups is 1. The number of rotatable bonds is 8. The van der Waals surface area contributed by atoms with Gasteiger partial charge in [0.2, 0.25) is 0 Å². The molecule has 1 aliphatic rings. The molecule has 2 aromatic rings. The summed E-state index contributed by atoms with van der Waals surface area (Å²) in [5, 5.41) is 10.3. The lowest BCUT2D eigenvalue weighted by Crippen LogP contribution is -2.48. The van der Waals surface area contributed by atoms with Gasteiger partial charge in [0.15, 0.2) is 5.96 Å². The summed E-state index contributed by atoms with van der Waals surface area (Å²) in [5.41, 5.74) is 1.10. The van der Waals surface area contributed by atoms with E-state index in [-0.39, 0.29) is 0 Å². The van der Waals surface area contributed by atoms with Gasteiger partial charge >= 0.3 is 0 Å². The van der Waals surface area contributed by atoms with Crippen LogP contribution >= 0.6 is 22.7 Å². The minimum Gasteiger partial charge on any atom is -0.357 e. The van der Waals surface area contributed by atoms with Crippen LogP contribution in [-0.2, 0) is 6.42 Å². The van der Waals surface area contributed by atoms with E-state index < -0.39 is 0 Å². The fourth-order valence-corrected chi connectivity index (χ4v) is 5.18. The second-order valence-electron chi connectivity index (χ2n) is 7.29. The minimum absolute atomic E-state index is 0.534. The van der Waals surface area contributed by atoms with Crippen LogP contribution in [0.25, 0.3) is 10.6 Å². The third-order valence-corrected chi connectivity index (χ3v) is 6.91. The fourth-order valence-electron chi connectivity index (χ4n) is 3.53. The molecule has 154 valence electrons. The van der Waals surface area contributed by atoms with Crippen LogP contribution in [0.4, 0.5) is 0 Å². The molecule has 2 N–H and O–H groups in total. The molecular weight excluding hydrogens is 386 g/mol.